The first-order chi connectivity index (χ1) is 35.1. The molecule has 0 amide bonds. The van der Waals surface area contributed by atoms with Gasteiger partial charge in [-0.3, -0.25) is 0 Å². The van der Waals surface area contributed by atoms with Gasteiger partial charge in [0.15, 0.2) is 0 Å². The quantitative estimate of drug-likeness (QED) is 0.108. The zero-order valence-corrected chi connectivity index (χ0v) is 42.6. The number of hydrogen-bond acceptors (Lipinski definition) is 3. The van der Waals surface area contributed by atoms with E-state index in [4.69, 9.17) is 15.0 Å². The second-order valence-corrected chi connectivity index (χ2v) is 20.3. The molecule has 2 aliphatic carbocycles. The van der Waals surface area contributed by atoms with Crippen molar-refractivity contribution < 1.29 is 25.6 Å². The maximum atomic E-state index is 10.2. The summed E-state index contributed by atoms with van der Waals surface area (Å²) in [6.45, 7) is 8.76. The Hall–Kier alpha value is -6.58. The normalized spacial score (nSPS) is 15.0. The third kappa shape index (κ3) is 9.40. The summed E-state index contributed by atoms with van der Waals surface area (Å²) < 4.78 is 40.6. The zero-order chi connectivity index (χ0) is 50.6. The van der Waals surface area contributed by atoms with E-state index in [0.29, 0.717) is 24.1 Å². The molecular formula is C66H58IrN3. The Morgan fingerprint density at radius 1 is 0.486 bits per heavy atom. The molecule has 0 aliphatic heterocycles. The summed E-state index contributed by atoms with van der Waals surface area (Å²) in [4.78, 5) is 14.6. The molecule has 0 N–H and O–H groups in total. The summed E-state index contributed by atoms with van der Waals surface area (Å²) in [7, 11) is 0. The van der Waals surface area contributed by atoms with Crippen LogP contribution in [-0.2, 0) is 61.9 Å². The molecule has 0 unspecified atom stereocenters. The van der Waals surface area contributed by atoms with E-state index in [1.165, 1.54) is 22.3 Å². The minimum atomic E-state index is -2.55. The van der Waals surface area contributed by atoms with E-state index < -0.39 is 23.6 Å². The summed E-state index contributed by atoms with van der Waals surface area (Å²) in [5.41, 5.74) is 15.1. The van der Waals surface area contributed by atoms with Gasteiger partial charge in [-0.2, -0.15) is 0 Å². The molecule has 9 aromatic rings. The van der Waals surface area contributed by atoms with Crippen LogP contribution in [0.2, 0.25) is 0 Å². The van der Waals surface area contributed by atoms with Gasteiger partial charge in [-0.05, 0) is 139 Å². The van der Waals surface area contributed by atoms with Crippen LogP contribution in [-0.4, -0.2) is 15.0 Å². The fraction of sp³-hybridized carbons (Fsp3) is 0.227. The largest absolute Gasteiger partial charge is 3.00 e. The Morgan fingerprint density at radius 3 is 1.54 bits per heavy atom. The second kappa shape index (κ2) is 19.7. The first-order valence-electron chi connectivity index (χ1n) is 26.4. The van der Waals surface area contributed by atoms with Gasteiger partial charge in [-0.1, -0.05) is 125 Å². The van der Waals surface area contributed by atoms with E-state index in [2.05, 4.69) is 107 Å². The molecular weight excluding hydrogens is 1030 g/mol. The third-order valence-corrected chi connectivity index (χ3v) is 14.7. The average molecular weight is 1090 g/mol. The summed E-state index contributed by atoms with van der Waals surface area (Å²) in [6.07, 6.45) is 5.91. The van der Waals surface area contributed by atoms with E-state index in [0.717, 1.165) is 81.6 Å². The van der Waals surface area contributed by atoms with E-state index in [9.17, 15) is 5.48 Å². The Kier molecular flexibility index (Phi) is 11.9. The van der Waals surface area contributed by atoms with E-state index in [1.807, 2.05) is 116 Å². The van der Waals surface area contributed by atoms with E-state index in [1.54, 1.807) is 6.20 Å². The first kappa shape index (κ1) is 42.3. The zero-order valence-electron chi connectivity index (χ0n) is 44.2. The molecule has 0 atom stereocenters. The summed E-state index contributed by atoms with van der Waals surface area (Å²) in [6, 6.07) is 64.8. The van der Waals surface area contributed by atoms with Gasteiger partial charge in [0.05, 0.1) is 0 Å². The summed E-state index contributed by atoms with van der Waals surface area (Å²) in [5, 5.41) is 0. The van der Waals surface area contributed by atoms with Gasteiger partial charge in [0.1, 0.15) is 0 Å². The Morgan fingerprint density at radius 2 is 1.00 bits per heavy atom. The molecule has 2 aliphatic rings. The number of hydrogen-bond donors (Lipinski definition) is 0. The van der Waals surface area contributed by atoms with Crippen LogP contribution < -0.4 is 0 Å². The molecule has 6 aromatic carbocycles. The molecule has 0 saturated heterocycles. The topological polar surface area (TPSA) is 38.7 Å². The first-order valence-corrected chi connectivity index (χ1v) is 24.4. The van der Waals surface area contributed by atoms with Gasteiger partial charge in [0, 0.05) is 29.5 Å². The Balaban J connectivity index is 0.00000626. The van der Waals surface area contributed by atoms with Gasteiger partial charge >= 0.3 is 20.1 Å². The van der Waals surface area contributed by atoms with Crippen LogP contribution in [0.3, 0.4) is 0 Å². The van der Waals surface area contributed by atoms with Crippen molar-refractivity contribution in [1.29, 1.82) is 0 Å². The minimum absolute atomic E-state index is 0. The van der Waals surface area contributed by atoms with Crippen molar-refractivity contribution in [1.82, 2.24) is 15.0 Å². The van der Waals surface area contributed by atoms with Crippen LogP contribution in [0.1, 0.15) is 103 Å². The molecule has 346 valence electrons. The molecule has 3 aromatic heterocycles. The maximum absolute atomic E-state index is 10.2. The number of fused-ring (bicyclic) bond motifs is 5. The van der Waals surface area contributed by atoms with Crippen LogP contribution in [0.15, 0.2) is 182 Å². The molecule has 11 rings (SSSR count). The van der Waals surface area contributed by atoms with E-state index in [-0.39, 0.29) is 36.6 Å². The van der Waals surface area contributed by atoms with Crippen molar-refractivity contribution in [2.45, 2.75) is 95.2 Å². The molecule has 1 spiro atoms. The van der Waals surface area contributed by atoms with Crippen LogP contribution in [0.4, 0.5) is 0 Å². The number of benzene rings is 6. The fourth-order valence-electron chi connectivity index (χ4n) is 11.0. The Bertz CT molecular complexity index is 3330. The van der Waals surface area contributed by atoms with E-state index >= 15 is 0 Å². The molecule has 0 radical (unpaired) electrons. The van der Waals surface area contributed by atoms with Crippen LogP contribution in [0.25, 0.3) is 56.0 Å². The van der Waals surface area contributed by atoms with Crippen LogP contribution in [0.5, 0.6) is 0 Å². The third-order valence-electron chi connectivity index (χ3n) is 14.7. The molecule has 3 heterocycles. The summed E-state index contributed by atoms with van der Waals surface area (Å²) >= 11 is 0. The standard InChI is InChI=1S/C66H58N3.Ir/c1-64(2,54-29-32-61(68-44-54)49-18-8-5-9-19-49)41-47-36-46(37-48(38-47)42-65(3,4)55-30-33-62(69-45-55)50-20-10-6-11-21-50)26-27-53-43-67-63(51-22-12-7-13-23-51)40-58(53)52-28-31-57-56-24-14-15-25-59(56)66(60(57)39-52)34-16-17-35-66;/h5-15,18,20,22,24-25,28-33,36-40,43-45H,16-17,26-27,34-35,41-42H2,1-4H3;/q-3;+3/i26D2,27D2;. The van der Waals surface area contributed by atoms with Gasteiger partial charge < -0.3 is 15.0 Å². The Labute approximate surface area is 434 Å². The van der Waals surface area contributed by atoms with Crippen LogP contribution in [0, 0.1) is 18.2 Å². The van der Waals surface area contributed by atoms with Crippen molar-refractivity contribution >= 4 is 0 Å². The van der Waals surface area contributed by atoms with Crippen molar-refractivity contribution in [2.75, 3.05) is 0 Å². The van der Waals surface area contributed by atoms with Crippen LogP contribution >= 0.6 is 0 Å². The number of nitrogens with zero attached hydrogens (tertiary/aromatic N) is 3. The monoisotopic (exact) mass is 1090 g/mol. The number of rotatable bonds is 13. The number of pyridine rings is 3. The predicted molar refractivity (Wildman–Crippen MR) is 283 cm³/mol. The molecule has 4 heteroatoms. The van der Waals surface area contributed by atoms with Gasteiger partial charge in [-0.15, -0.1) is 108 Å². The fourth-order valence-corrected chi connectivity index (χ4v) is 11.0. The molecule has 1 saturated carbocycles. The molecule has 70 heavy (non-hydrogen) atoms. The average Bonchev–Trinajstić information content (AvgIpc) is 4.03. The smallest absolute Gasteiger partial charge is 0.304 e. The summed E-state index contributed by atoms with van der Waals surface area (Å²) in [5.74, 6) is 0. The van der Waals surface area contributed by atoms with Crippen molar-refractivity contribution in [3.63, 3.8) is 0 Å². The van der Waals surface area contributed by atoms with Gasteiger partial charge in [-0.25, -0.2) is 0 Å². The SMILES string of the molecule is [2H]C([2H])(c1cc(CC(C)(C)c2ccc(-c3[c-]cccc3)nc2)cc(CC(C)(C)c2ccc(-c3[c-]cccc3)nc2)c1)C([2H])([2H])c1cnc(-c2[c-]cccc2)cc1-c1ccc2c(c1)C1(CCCC1)c1ccccc1-2.[Ir+3]. The number of aromatic nitrogens is 3. The molecule has 3 nitrogen and oxygen atoms in total. The molecule has 0 bridgehead atoms. The van der Waals surface area contributed by atoms with Gasteiger partial charge in [0.2, 0.25) is 0 Å². The molecule has 1 fully saturated rings. The van der Waals surface area contributed by atoms with Gasteiger partial charge in [0.25, 0.3) is 0 Å². The second-order valence-electron chi connectivity index (χ2n) is 20.3. The van der Waals surface area contributed by atoms with Crippen molar-refractivity contribution in [3.05, 3.63) is 245 Å². The minimum Gasteiger partial charge on any atom is -0.304 e. The maximum Gasteiger partial charge on any atom is 3.00 e. The van der Waals surface area contributed by atoms with Crippen molar-refractivity contribution in [2.24, 2.45) is 0 Å². The number of aryl methyl sites for hydroxylation is 2. The van der Waals surface area contributed by atoms with Crippen molar-refractivity contribution in [3.8, 4) is 56.0 Å². The predicted octanol–water partition coefficient (Wildman–Crippen LogP) is 15.6.